The average molecular weight is 491 g/mol. The van der Waals surface area contributed by atoms with E-state index in [1.54, 1.807) is 0 Å². The zero-order valence-electron chi connectivity index (χ0n) is 18.2. The molecule has 180 valence electrons. The molecule has 2 amide bonds. The molecule has 0 spiro atoms. The first kappa shape index (κ1) is 22.9. The molecule has 34 heavy (non-hydrogen) atoms. The number of nitrogens with zero attached hydrogens (tertiary/aromatic N) is 1. The first-order valence-corrected chi connectivity index (χ1v) is 12.0. The Kier molecular flexibility index (Phi) is 6.57. The molecule has 3 aliphatic heterocycles. The van der Waals surface area contributed by atoms with Gasteiger partial charge in [0.25, 0.3) is 0 Å². The molecule has 3 atom stereocenters. The molecule has 3 heterocycles. The molecule has 2 saturated heterocycles. The highest BCUT2D eigenvalue weighted by molar-refractivity contribution is 8.00. The van der Waals surface area contributed by atoms with Gasteiger partial charge in [0.05, 0.1) is 11.7 Å². The molecule has 3 N–H and O–H groups in total. The largest absolute Gasteiger partial charge is 0.454 e. The zero-order chi connectivity index (χ0) is 23.7. The Hall–Kier alpha value is -2.89. The van der Waals surface area contributed by atoms with Crippen molar-refractivity contribution in [3.05, 3.63) is 53.6 Å². The fourth-order valence-corrected chi connectivity index (χ4v) is 5.28. The van der Waals surface area contributed by atoms with Crippen LogP contribution >= 0.6 is 11.8 Å². The Morgan fingerprint density at radius 1 is 1.15 bits per heavy atom. The van der Waals surface area contributed by atoms with Crippen LogP contribution in [0, 0.1) is 17.6 Å². The van der Waals surface area contributed by atoms with E-state index < -0.39 is 17.1 Å². The van der Waals surface area contributed by atoms with Crippen molar-refractivity contribution in [3.63, 3.8) is 0 Å². The van der Waals surface area contributed by atoms with Gasteiger partial charge in [-0.3, -0.25) is 19.8 Å². The molecule has 0 bridgehead atoms. The van der Waals surface area contributed by atoms with E-state index in [-0.39, 0.29) is 42.0 Å². The summed E-state index contributed by atoms with van der Waals surface area (Å²) >= 11 is 1.24. The molecule has 2 aromatic rings. The van der Waals surface area contributed by atoms with Crippen LogP contribution < -0.4 is 25.4 Å². The van der Waals surface area contributed by atoms with Crippen molar-refractivity contribution in [2.75, 3.05) is 31.0 Å². The Bertz CT molecular complexity index is 1100. The molecular weight excluding hydrogens is 466 g/mol. The van der Waals surface area contributed by atoms with Crippen molar-refractivity contribution in [2.24, 2.45) is 5.92 Å². The third-order valence-electron chi connectivity index (χ3n) is 6.10. The SMILES string of the molecule is O=C(CSC1NC(=O)C2CN(Cc3ccc4c(c3)OCO4)CCC2N1)Nc1ccc(F)c(F)c1. The van der Waals surface area contributed by atoms with Gasteiger partial charge in [0.15, 0.2) is 23.1 Å². The summed E-state index contributed by atoms with van der Waals surface area (Å²) in [7, 11) is 0. The van der Waals surface area contributed by atoms with Gasteiger partial charge in [-0.1, -0.05) is 6.07 Å². The number of hydrogen-bond donors (Lipinski definition) is 3. The third-order valence-corrected chi connectivity index (χ3v) is 7.12. The number of fused-ring (bicyclic) bond motifs is 2. The van der Waals surface area contributed by atoms with Gasteiger partial charge in [0.2, 0.25) is 18.6 Å². The Balaban J connectivity index is 1.10. The van der Waals surface area contributed by atoms with Gasteiger partial charge in [0, 0.05) is 37.4 Å². The number of halogens is 2. The minimum Gasteiger partial charge on any atom is -0.454 e. The molecule has 0 aromatic heterocycles. The topological polar surface area (TPSA) is 91.9 Å². The summed E-state index contributed by atoms with van der Waals surface area (Å²) in [5, 5.41) is 8.88. The molecule has 0 saturated carbocycles. The smallest absolute Gasteiger partial charge is 0.234 e. The summed E-state index contributed by atoms with van der Waals surface area (Å²) in [6.45, 7) is 2.43. The molecule has 3 unspecified atom stereocenters. The van der Waals surface area contributed by atoms with Crippen molar-refractivity contribution in [1.29, 1.82) is 0 Å². The second-order valence-corrected chi connectivity index (χ2v) is 9.56. The van der Waals surface area contributed by atoms with Crippen LogP contribution in [0.1, 0.15) is 12.0 Å². The van der Waals surface area contributed by atoms with E-state index in [1.807, 2.05) is 18.2 Å². The first-order chi connectivity index (χ1) is 16.4. The molecular formula is C23H24F2N4O4S. The van der Waals surface area contributed by atoms with E-state index in [1.165, 1.54) is 17.8 Å². The van der Waals surface area contributed by atoms with Crippen LogP contribution in [0.25, 0.3) is 0 Å². The van der Waals surface area contributed by atoms with E-state index in [2.05, 4.69) is 20.9 Å². The van der Waals surface area contributed by atoms with Crippen LogP contribution in [0.4, 0.5) is 14.5 Å². The van der Waals surface area contributed by atoms with Crippen molar-refractivity contribution in [1.82, 2.24) is 15.5 Å². The molecule has 0 aliphatic carbocycles. The molecule has 2 fully saturated rings. The van der Waals surface area contributed by atoms with Crippen molar-refractivity contribution in [3.8, 4) is 11.5 Å². The van der Waals surface area contributed by atoms with Crippen LogP contribution in [0.3, 0.4) is 0 Å². The van der Waals surface area contributed by atoms with Crippen LogP contribution in [0.2, 0.25) is 0 Å². The predicted molar refractivity (Wildman–Crippen MR) is 122 cm³/mol. The second-order valence-electron chi connectivity index (χ2n) is 8.47. The molecule has 0 radical (unpaired) electrons. The highest BCUT2D eigenvalue weighted by Crippen LogP contribution is 2.33. The Morgan fingerprint density at radius 2 is 2.00 bits per heavy atom. The fraction of sp³-hybridized carbons (Fsp3) is 0.391. The number of likely N-dealkylation sites (tertiary alicyclic amines) is 1. The van der Waals surface area contributed by atoms with Gasteiger partial charge >= 0.3 is 0 Å². The minimum atomic E-state index is -1.03. The standard InChI is InChI=1S/C23H24F2N4O4S/c24-16-3-2-14(8-17(16)25)26-21(30)11-34-23-27-18-5-6-29(10-15(18)22(31)28-23)9-13-1-4-19-20(7-13)33-12-32-19/h1-4,7-8,15,18,23,27H,5-6,9-12H2,(H,26,30)(H,28,31). The maximum absolute atomic E-state index is 13.3. The van der Waals surface area contributed by atoms with Crippen molar-refractivity contribution < 1.29 is 27.8 Å². The molecule has 8 nitrogen and oxygen atoms in total. The first-order valence-electron chi connectivity index (χ1n) is 11.0. The summed E-state index contributed by atoms with van der Waals surface area (Å²) in [5.41, 5.74) is 0.886. The van der Waals surface area contributed by atoms with Gasteiger partial charge in [-0.2, -0.15) is 0 Å². The van der Waals surface area contributed by atoms with Crippen LogP contribution in [-0.4, -0.2) is 53.9 Å². The molecule has 3 aliphatic rings. The predicted octanol–water partition coefficient (Wildman–Crippen LogP) is 2.26. The van der Waals surface area contributed by atoms with E-state index in [9.17, 15) is 18.4 Å². The Labute approximate surface area is 199 Å². The third kappa shape index (κ3) is 5.11. The number of amides is 2. The summed E-state index contributed by atoms with van der Waals surface area (Å²) in [5.74, 6) is -1.05. The van der Waals surface area contributed by atoms with E-state index in [0.29, 0.717) is 6.54 Å². The van der Waals surface area contributed by atoms with Crippen LogP contribution in [0.15, 0.2) is 36.4 Å². The van der Waals surface area contributed by atoms with E-state index >= 15 is 0 Å². The number of ether oxygens (including phenoxy) is 2. The molecule has 11 heteroatoms. The number of piperidine rings is 1. The van der Waals surface area contributed by atoms with Gasteiger partial charge < -0.3 is 20.1 Å². The van der Waals surface area contributed by atoms with Gasteiger partial charge in [0.1, 0.15) is 5.50 Å². The van der Waals surface area contributed by atoms with Crippen LogP contribution in [-0.2, 0) is 16.1 Å². The number of nitrogens with one attached hydrogen (secondary N) is 3. The summed E-state index contributed by atoms with van der Waals surface area (Å²) in [6, 6.07) is 9.10. The lowest BCUT2D eigenvalue weighted by molar-refractivity contribution is -0.130. The maximum Gasteiger partial charge on any atom is 0.234 e. The number of carbonyl (C=O) groups is 2. The van der Waals surface area contributed by atoms with Crippen molar-refractivity contribution in [2.45, 2.75) is 24.5 Å². The lowest BCUT2D eigenvalue weighted by Crippen LogP contribution is -2.64. The van der Waals surface area contributed by atoms with Crippen molar-refractivity contribution >= 4 is 29.3 Å². The lowest BCUT2D eigenvalue weighted by Gasteiger charge is -2.43. The minimum absolute atomic E-state index is 0.0218. The molecule has 2 aromatic carbocycles. The summed E-state index contributed by atoms with van der Waals surface area (Å²) in [4.78, 5) is 27.2. The number of hydrogen-bond acceptors (Lipinski definition) is 7. The number of benzene rings is 2. The quantitative estimate of drug-likeness (QED) is 0.572. The number of anilines is 1. The van der Waals surface area contributed by atoms with Gasteiger partial charge in [-0.25, -0.2) is 8.78 Å². The number of carbonyl (C=O) groups excluding carboxylic acids is 2. The number of thioether (sulfide) groups is 1. The lowest BCUT2D eigenvalue weighted by atomic mass is 9.89. The van der Waals surface area contributed by atoms with Gasteiger partial charge in [-0.15, -0.1) is 11.8 Å². The zero-order valence-corrected chi connectivity index (χ0v) is 19.0. The number of rotatable bonds is 6. The highest BCUT2D eigenvalue weighted by atomic mass is 32.2. The van der Waals surface area contributed by atoms with Gasteiger partial charge in [-0.05, 0) is 36.2 Å². The molecule has 5 rings (SSSR count). The van der Waals surface area contributed by atoms with Crippen LogP contribution in [0.5, 0.6) is 11.5 Å². The van der Waals surface area contributed by atoms with E-state index in [0.717, 1.165) is 48.7 Å². The monoisotopic (exact) mass is 490 g/mol. The fourth-order valence-electron chi connectivity index (χ4n) is 4.42. The Morgan fingerprint density at radius 3 is 2.85 bits per heavy atom. The highest BCUT2D eigenvalue weighted by Gasteiger charge is 2.40. The summed E-state index contributed by atoms with van der Waals surface area (Å²) < 4.78 is 37.1. The maximum atomic E-state index is 13.3. The average Bonchev–Trinajstić information content (AvgIpc) is 3.28. The second kappa shape index (κ2) is 9.77. The normalized spacial score (nSPS) is 23.8. The van der Waals surface area contributed by atoms with E-state index in [4.69, 9.17) is 9.47 Å². The summed E-state index contributed by atoms with van der Waals surface area (Å²) in [6.07, 6.45) is 0.806.